The van der Waals surface area contributed by atoms with Gasteiger partial charge in [0.15, 0.2) is 10.9 Å². The van der Waals surface area contributed by atoms with Gasteiger partial charge in [-0.1, -0.05) is 13.8 Å². The predicted octanol–water partition coefficient (Wildman–Crippen LogP) is 3.10. The van der Waals surface area contributed by atoms with Crippen LogP contribution in [-0.2, 0) is 11.2 Å². The van der Waals surface area contributed by atoms with Gasteiger partial charge in [0.2, 0.25) is 5.91 Å². The Morgan fingerprint density at radius 2 is 1.97 bits per heavy atom. The van der Waals surface area contributed by atoms with E-state index in [2.05, 4.69) is 34.0 Å². The Bertz CT molecular complexity index is 1090. The molecule has 0 unspecified atom stereocenters. The first-order chi connectivity index (χ1) is 15.4. The summed E-state index contributed by atoms with van der Waals surface area (Å²) < 4.78 is 5.08. The van der Waals surface area contributed by atoms with Crippen LogP contribution < -0.4 is 10.2 Å². The van der Waals surface area contributed by atoms with Crippen molar-refractivity contribution >= 4 is 34.1 Å². The Morgan fingerprint density at radius 1 is 1.19 bits per heavy atom. The Labute approximate surface area is 190 Å². The van der Waals surface area contributed by atoms with Gasteiger partial charge >= 0.3 is 0 Å². The SMILES string of the molecule is Cc1cc(N2CCN(C(=O)Cc3csc(NC(=O)c4ccco4)n3)CC2)nc(C(C)C)n1. The van der Waals surface area contributed by atoms with Crippen LogP contribution in [0.3, 0.4) is 0 Å². The van der Waals surface area contributed by atoms with Crippen LogP contribution in [0.15, 0.2) is 34.3 Å². The average molecular weight is 455 g/mol. The van der Waals surface area contributed by atoms with Gasteiger partial charge in [-0.25, -0.2) is 15.0 Å². The minimum Gasteiger partial charge on any atom is -0.459 e. The number of nitrogens with one attached hydrogen (secondary N) is 1. The third kappa shape index (κ3) is 5.13. The largest absolute Gasteiger partial charge is 0.459 e. The van der Waals surface area contributed by atoms with E-state index < -0.39 is 0 Å². The fourth-order valence-electron chi connectivity index (χ4n) is 3.46. The van der Waals surface area contributed by atoms with E-state index in [9.17, 15) is 9.59 Å². The van der Waals surface area contributed by atoms with Crippen molar-refractivity contribution in [1.82, 2.24) is 19.9 Å². The molecular formula is C22H26N6O3S. The van der Waals surface area contributed by atoms with Crippen LogP contribution in [0.1, 0.15) is 47.5 Å². The second-order valence-corrected chi connectivity index (χ2v) is 8.86. The fourth-order valence-corrected chi connectivity index (χ4v) is 4.16. The van der Waals surface area contributed by atoms with Gasteiger partial charge in [-0.15, -0.1) is 11.3 Å². The second kappa shape index (κ2) is 9.47. The Hall–Kier alpha value is -3.27. The second-order valence-electron chi connectivity index (χ2n) is 8.00. The lowest BCUT2D eigenvalue weighted by molar-refractivity contribution is -0.130. The standard InChI is InChI=1S/C22H26N6O3S/c1-14(2)20-23-15(3)11-18(25-20)27-6-8-28(9-7-27)19(29)12-16-13-32-22(24-16)26-21(30)17-5-4-10-31-17/h4-5,10-11,13-14H,6-9,12H2,1-3H3,(H,24,26,30). The number of hydrogen-bond donors (Lipinski definition) is 1. The molecule has 0 saturated carbocycles. The molecule has 1 saturated heterocycles. The van der Waals surface area contributed by atoms with Gasteiger partial charge < -0.3 is 14.2 Å². The summed E-state index contributed by atoms with van der Waals surface area (Å²) in [6, 6.07) is 5.23. The number of carbonyl (C=O) groups is 2. The molecule has 1 N–H and O–H groups in total. The summed E-state index contributed by atoms with van der Waals surface area (Å²) in [4.78, 5) is 42.5. The molecule has 3 aromatic heterocycles. The fraction of sp³-hybridized carbons (Fsp3) is 0.409. The zero-order valence-electron chi connectivity index (χ0n) is 18.4. The van der Waals surface area contributed by atoms with E-state index in [4.69, 9.17) is 9.40 Å². The number of carbonyl (C=O) groups excluding carboxylic acids is 2. The smallest absolute Gasteiger partial charge is 0.293 e. The van der Waals surface area contributed by atoms with Crippen molar-refractivity contribution in [1.29, 1.82) is 0 Å². The van der Waals surface area contributed by atoms with Gasteiger partial charge in [-0.05, 0) is 19.1 Å². The maximum absolute atomic E-state index is 12.8. The molecule has 10 heteroatoms. The summed E-state index contributed by atoms with van der Waals surface area (Å²) in [5, 5.41) is 4.93. The molecular weight excluding hydrogens is 428 g/mol. The Balaban J connectivity index is 1.31. The number of aryl methyl sites for hydroxylation is 1. The van der Waals surface area contributed by atoms with E-state index in [1.54, 1.807) is 17.5 Å². The first-order valence-electron chi connectivity index (χ1n) is 10.6. The molecule has 0 atom stereocenters. The van der Waals surface area contributed by atoms with Crippen molar-refractivity contribution in [3.8, 4) is 0 Å². The monoisotopic (exact) mass is 454 g/mol. The molecule has 0 radical (unpaired) electrons. The summed E-state index contributed by atoms with van der Waals surface area (Å²) in [6.07, 6.45) is 1.65. The lowest BCUT2D eigenvalue weighted by atomic mass is 10.2. The maximum atomic E-state index is 12.8. The average Bonchev–Trinajstić information content (AvgIpc) is 3.46. The number of thiazole rings is 1. The summed E-state index contributed by atoms with van der Waals surface area (Å²) in [5.74, 6) is 1.92. The van der Waals surface area contributed by atoms with E-state index in [0.29, 0.717) is 23.9 Å². The highest BCUT2D eigenvalue weighted by atomic mass is 32.1. The van der Waals surface area contributed by atoms with Crippen molar-refractivity contribution in [2.75, 3.05) is 36.4 Å². The molecule has 1 aliphatic rings. The number of piperazine rings is 1. The zero-order valence-corrected chi connectivity index (χ0v) is 19.2. The van der Waals surface area contributed by atoms with Gasteiger partial charge in [0.05, 0.1) is 18.4 Å². The molecule has 0 spiro atoms. The number of amides is 2. The third-order valence-electron chi connectivity index (χ3n) is 5.18. The Morgan fingerprint density at radius 3 is 2.66 bits per heavy atom. The molecule has 0 aliphatic carbocycles. The molecule has 168 valence electrons. The van der Waals surface area contributed by atoms with Gasteiger partial charge in [-0.2, -0.15) is 0 Å². The van der Waals surface area contributed by atoms with Gasteiger partial charge in [0, 0.05) is 49.2 Å². The molecule has 0 bridgehead atoms. The molecule has 4 rings (SSSR count). The number of hydrogen-bond acceptors (Lipinski definition) is 8. The number of aromatic nitrogens is 3. The van der Waals surface area contributed by atoms with Crippen LogP contribution in [0, 0.1) is 6.92 Å². The predicted molar refractivity (Wildman–Crippen MR) is 122 cm³/mol. The van der Waals surface area contributed by atoms with Gasteiger partial charge in [0.25, 0.3) is 5.91 Å². The van der Waals surface area contributed by atoms with Crippen molar-refractivity contribution in [2.45, 2.75) is 33.1 Å². The van der Waals surface area contributed by atoms with Crippen LogP contribution in [0.2, 0.25) is 0 Å². The number of anilines is 2. The summed E-state index contributed by atoms with van der Waals surface area (Å²) in [6.45, 7) is 8.86. The highest BCUT2D eigenvalue weighted by Crippen LogP contribution is 2.20. The van der Waals surface area contributed by atoms with Crippen LogP contribution in [0.4, 0.5) is 10.9 Å². The summed E-state index contributed by atoms with van der Waals surface area (Å²) >= 11 is 1.29. The van der Waals surface area contributed by atoms with E-state index in [1.807, 2.05) is 17.9 Å². The van der Waals surface area contributed by atoms with E-state index >= 15 is 0 Å². The minimum absolute atomic E-state index is 0.0283. The topological polar surface area (TPSA) is 104 Å². The molecule has 1 aliphatic heterocycles. The van der Waals surface area contributed by atoms with E-state index in [1.165, 1.54) is 17.6 Å². The van der Waals surface area contributed by atoms with Gasteiger partial charge in [0.1, 0.15) is 11.6 Å². The quantitative estimate of drug-likeness (QED) is 0.610. The number of rotatable bonds is 6. The van der Waals surface area contributed by atoms with Crippen molar-refractivity contribution in [2.24, 2.45) is 0 Å². The maximum Gasteiger partial charge on any atom is 0.293 e. The van der Waals surface area contributed by atoms with E-state index in [-0.39, 0.29) is 29.9 Å². The highest BCUT2D eigenvalue weighted by molar-refractivity contribution is 7.14. The minimum atomic E-state index is -0.362. The summed E-state index contributed by atoms with van der Waals surface area (Å²) in [7, 11) is 0. The summed E-state index contributed by atoms with van der Waals surface area (Å²) in [5.41, 5.74) is 1.60. The van der Waals surface area contributed by atoms with Crippen molar-refractivity contribution < 1.29 is 14.0 Å². The lowest BCUT2D eigenvalue weighted by Crippen LogP contribution is -2.49. The molecule has 9 nitrogen and oxygen atoms in total. The number of nitrogens with zero attached hydrogens (tertiary/aromatic N) is 5. The highest BCUT2D eigenvalue weighted by Gasteiger charge is 2.23. The first kappa shape index (κ1) is 21.9. The van der Waals surface area contributed by atoms with Crippen LogP contribution in [0.5, 0.6) is 0 Å². The molecule has 2 amide bonds. The van der Waals surface area contributed by atoms with E-state index in [0.717, 1.165) is 30.4 Å². The van der Waals surface area contributed by atoms with Crippen LogP contribution in [0.25, 0.3) is 0 Å². The normalized spacial score (nSPS) is 14.1. The van der Waals surface area contributed by atoms with Gasteiger partial charge in [-0.3, -0.25) is 14.9 Å². The third-order valence-corrected chi connectivity index (χ3v) is 5.99. The van der Waals surface area contributed by atoms with Crippen LogP contribution in [-0.4, -0.2) is 57.8 Å². The number of furan rings is 1. The van der Waals surface area contributed by atoms with Crippen molar-refractivity contribution in [3.63, 3.8) is 0 Å². The molecule has 32 heavy (non-hydrogen) atoms. The van der Waals surface area contributed by atoms with Crippen molar-refractivity contribution in [3.05, 3.63) is 52.8 Å². The van der Waals surface area contributed by atoms with Crippen LogP contribution >= 0.6 is 11.3 Å². The zero-order chi connectivity index (χ0) is 22.7. The molecule has 4 heterocycles. The molecule has 3 aromatic rings. The molecule has 1 fully saturated rings. The first-order valence-corrected chi connectivity index (χ1v) is 11.4. The molecule has 0 aromatic carbocycles. The Kier molecular flexibility index (Phi) is 6.50. The lowest BCUT2D eigenvalue weighted by Gasteiger charge is -2.35.